The standard InChI is InChI=1S/C9H11O2/c1-7-8(6-10)4-3-5-9(7)11-2/h3-6,10H,1-2H3. The first-order valence-corrected chi connectivity index (χ1v) is 3.40. The molecule has 11 heavy (non-hydrogen) atoms. The summed E-state index contributed by atoms with van der Waals surface area (Å²) in [6, 6.07) is 5.54. The Kier molecular flexibility index (Phi) is 2.49. The molecule has 0 spiro atoms. The van der Waals surface area contributed by atoms with Gasteiger partial charge in [-0.3, -0.25) is 0 Å². The highest BCUT2D eigenvalue weighted by Crippen LogP contribution is 2.20. The predicted molar refractivity (Wildman–Crippen MR) is 43.1 cm³/mol. The van der Waals surface area contributed by atoms with Crippen molar-refractivity contribution in [2.24, 2.45) is 0 Å². The molecule has 0 fully saturated rings. The number of ether oxygens (including phenoxy) is 1. The molecule has 59 valence electrons. The summed E-state index contributed by atoms with van der Waals surface area (Å²) >= 11 is 0. The van der Waals surface area contributed by atoms with Gasteiger partial charge >= 0.3 is 0 Å². The largest absolute Gasteiger partial charge is 0.496 e. The first-order valence-electron chi connectivity index (χ1n) is 3.40. The van der Waals surface area contributed by atoms with E-state index in [1.165, 1.54) is 0 Å². The van der Waals surface area contributed by atoms with Gasteiger partial charge in [-0.25, -0.2) is 0 Å². The van der Waals surface area contributed by atoms with Gasteiger partial charge in [-0.1, -0.05) is 12.1 Å². The number of aliphatic hydroxyl groups excluding tert-OH is 1. The Morgan fingerprint density at radius 2 is 2.18 bits per heavy atom. The number of benzene rings is 1. The van der Waals surface area contributed by atoms with Crippen molar-refractivity contribution in [2.45, 2.75) is 6.92 Å². The van der Waals surface area contributed by atoms with Crippen LogP contribution < -0.4 is 4.74 Å². The predicted octanol–water partition coefficient (Wildman–Crippen LogP) is 1.89. The summed E-state index contributed by atoms with van der Waals surface area (Å²) in [6.07, 6.45) is 0. The van der Waals surface area contributed by atoms with Gasteiger partial charge < -0.3 is 9.84 Å². The van der Waals surface area contributed by atoms with Gasteiger partial charge in [-0.2, -0.15) is 0 Å². The van der Waals surface area contributed by atoms with Gasteiger partial charge in [0.1, 0.15) is 12.4 Å². The molecule has 0 heterocycles. The molecule has 0 aliphatic carbocycles. The van der Waals surface area contributed by atoms with Crippen LogP contribution in [0.3, 0.4) is 0 Å². The molecule has 0 unspecified atom stereocenters. The summed E-state index contributed by atoms with van der Waals surface area (Å²) in [6.45, 7) is 2.98. The second-order valence-corrected chi connectivity index (χ2v) is 2.30. The van der Waals surface area contributed by atoms with Gasteiger partial charge in [0.15, 0.2) is 0 Å². The zero-order chi connectivity index (χ0) is 8.27. The quantitative estimate of drug-likeness (QED) is 0.699. The molecule has 0 amide bonds. The van der Waals surface area contributed by atoms with Gasteiger partial charge in [0, 0.05) is 0 Å². The van der Waals surface area contributed by atoms with Crippen molar-refractivity contribution in [3.8, 4) is 5.75 Å². The minimum absolute atomic E-state index is 0.796. The molecule has 2 heteroatoms. The first kappa shape index (κ1) is 8.08. The van der Waals surface area contributed by atoms with Gasteiger partial charge in [0.2, 0.25) is 0 Å². The third-order valence-corrected chi connectivity index (χ3v) is 1.68. The molecular weight excluding hydrogens is 140 g/mol. The molecule has 0 bridgehead atoms. The number of rotatable bonds is 2. The molecule has 0 saturated carbocycles. The molecule has 1 rings (SSSR count). The fourth-order valence-corrected chi connectivity index (χ4v) is 0.992. The molecule has 0 aliphatic heterocycles. The number of hydrogen-bond donors (Lipinski definition) is 1. The molecule has 1 N–H and O–H groups in total. The van der Waals surface area contributed by atoms with Crippen molar-refractivity contribution in [3.63, 3.8) is 0 Å². The average Bonchev–Trinajstić information content (AvgIpc) is 2.05. The maximum atomic E-state index is 8.76. The van der Waals surface area contributed by atoms with Crippen molar-refractivity contribution in [1.82, 2.24) is 0 Å². The van der Waals surface area contributed by atoms with Crippen molar-refractivity contribution >= 4 is 0 Å². The number of hydrogen-bond acceptors (Lipinski definition) is 2. The Balaban J connectivity index is 3.10. The van der Waals surface area contributed by atoms with E-state index in [4.69, 9.17) is 9.84 Å². The second kappa shape index (κ2) is 3.39. The molecule has 0 aliphatic rings. The van der Waals surface area contributed by atoms with Gasteiger partial charge in [-0.15, -0.1) is 0 Å². The van der Waals surface area contributed by atoms with E-state index in [2.05, 4.69) is 0 Å². The Morgan fingerprint density at radius 1 is 1.45 bits per heavy atom. The lowest BCUT2D eigenvalue weighted by atomic mass is 10.1. The van der Waals surface area contributed by atoms with Gasteiger partial charge in [0.05, 0.1) is 7.11 Å². The van der Waals surface area contributed by atoms with Crippen molar-refractivity contribution in [3.05, 3.63) is 35.9 Å². The van der Waals surface area contributed by atoms with E-state index in [1.807, 2.05) is 25.1 Å². The van der Waals surface area contributed by atoms with E-state index >= 15 is 0 Å². The van der Waals surface area contributed by atoms with Crippen LogP contribution in [0.25, 0.3) is 0 Å². The maximum absolute atomic E-state index is 8.76. The van der Waals surface area contributed by atoms with Crippen LogP contribution in [0.4, 0.5) is 0 Å². The zero-order valence-electron chi connectivity index (χ0n) is 6.66. The maximum Gasteiger partial charge on any atom is 0.122 e. The van der Waals surface area contributed by atoms with Crippen LogP contribution in [0.15, 0.2) is 18.2 Å². The Labute approximate surface area is 66.4 Å². The number of aliphatic hydroxyl groups is 1. The zero-order valence-corrected chi connectivity index (χ0v) is 6.66. The normalized spacial score (nSPS) is 9.73. The first-order chi connectivity index (χ1) is 5.29. The van der Waals surface area contributed by atoms with Crippen LogP contribution in [0, 0.1) is 13.5 Å². The molecule has 0 atom stereocenters. The summed E-state index contributed by atoms with van der Waals surface area (Å²) in [4.78, 5) is 0. The van der Waals surface area contributed by atoms with E-state index < -0.39 is 0 Å². The highest BCUT2D eigenvalue weighted by atomic mass is 16.5. The van der Waals surface area contributed by atoms with Gasteiger partial charge in [-0.05, 0) is 24.1 Å². The van der Waals surface area contributed by atoms with Crippen molar-refractivity contribution < 1.29 is 9.84 Å². The molecule has 0 saturated heterocycles. The molecule has 1 radical (unpaired) electrons. The van der Waals surface area contributed by atoms with Gasteiger partial charge in [0.25, 0.3) is 0 Å². The van der Waals surface area contributed by atoms with E-state index in [0.29, 0.717) is 0 Å². The van der Waals surface area contributed by atoms with Crippen LogP contribution in [-0.4, -0.2) is 12.2 Å². The van der Waals surface area contributed by atoms with E-state index in [1.54, 1.807) is 7.11 Å². The summed E-state index contributed by atoms with van der Waals surface area (Å²) in [5, 5.41) is 8.76. The molecule has 1 aromatic rings. The smallest absolute Gasteiger partial charge is 0.122 e. The van der Waals surface area contributed by atoms with Crippen LogP contribution >= 0.6 is 0 Å². The third-order valence-electron chi connectivity index (χ3n) is 1.68. The lowest BCUT2D eigenvalue weighted by Crippen LogP contribution is -1.91. The molecule has 0 aromatic heterocycles. The van der Waals surface area contributed by atoms with Crippen LogP contribution in [0.5, 0.6) is 5.75 Å². The minimum atomic E-state index is 0.796. The van der Waals surface area contributed by atoms with Crippen LogP contribution in [0.1, 0.15) is 11.1 Å². The Morgan fingerprint density at radius 3 is 2.73 bits per heavy atom. The highest BCUT2D eigenvalue weighted by Gasteiger charge is 2.01. The van der Waals surface area contributed by atoms with Crippen LogP contribution in [-0.2, 0) is 0 Å². The average molecular weight is 151 g/mol. The molecule has 2 nitrogen and oxygen atoms in total. The van der Waals surface area contributed by atoms with Crippen molar-refractivity contribution in [2.75, 3.05) is 7.11 Å². The van der Waals surface area contributed by atoms with E-state index in [9.17, 15) is 0 Å². The summed E-state index contributed by atoms with van der Waals surface area (Å²) in [5.41, 5.74) is 1.75. The van der Waals surface area contributed by atoms with E-state index in [0.717, 1.165) is 23.5 Å². The molecule has 1 aromatic carbocycles. The fraction of sp³-hybridized carbons (Fsp3) is 0.222. The molecular formula is C9H11O2. The van der Waals surface area contributed by atoms with Crippen LogP contribution in [0.2, 0.25) is 0 Å². The van der Waals surface area contributed by atoms with Crippen molar-refractivity contribution in [1.29, 1.82) is 0 Å². The SMILES string of the molecule is COc1cccc([CH]O)c1C. The Hall–Kier alpha value is -1.02. The lowest BCUT2D eigenvalue weighted by molar-refractivity contribution is 0.401. The Bertz CT molecular complexity index is 221. The number of methoxy groups -OCH3 is 1. The summed E-state index contributed by atoms with van der Waals surface area (Å²) < 4.78 is 5.06. The highest BCUT2D eigenvalue weighted by molar-refractivity contribution is 5.41. The lowest BCUT2D eigenvalue weighted by Gasteiger charge is -2.06. The monoisotopic (exact) mass is 151 g/mol. The topological polar surface area (TPSA) is 29.5 Å². The van der Waals surface area contributed by atoms with E-state index in [-0.39, 0.29) is 0 Å². The minimum Gasteiger partial charge on any atom is -0.496 e. The fourth-order valence-electron chi connectivity index (χ4n) is 0.992. The second-order valence-electron chi connectivity index (χ2n) is 2.30. The third kappa shape index (κ3) is 1.52. The summed E-state index contributed by atoms with van der Waals surface area (Å²) in [7, 11) is 1.61. The summed E-state index contributed by atoms with van der Waals surface area (Å²) in [5.74, 6) is 0.799.